The molecule has 1 aromatic heterocycles. The van der Waals surface area contributed by atoms with Gasteiger partial charge in [-0.05, 0) is 42.4 Å². The second kappa shape index (κ2) is 6.33. The zero-order chi connectivity index (χ0) is 13.0. The first-order valence-corrected chi connectivity index (χ1v) is 6.89. The third-order valence-corrected chi connectivity index (χ3v) is 3.75. The predicted molar refractivity (Wildman–Crippen MR) is 72.0 cm³/mol. The standard InChI is InChI=1S/C12H18BrN3O2/c1-16-6-4-3-5-9(16)8-18-12-14-7-10(13)11(15-12)17-2/h7,9H,3-6,8H2,1-2H3. The van der Waals surface area contributed by atoms with E-state index in [4.69, 9.17) is 9.47 Å². The maximum Gasteiger partial charge on any atom is 0.319 e. The van der Waals surface area contributed by atoms with Crippen LogP contribution in [0, 0.1) is 0 Å². The number of piperidine rings is 1. The molecule has 0 bridgehead atoms. The van der Waals surface area contributed by atoms with E-state index in [0.717, 1.165) is 11.0 Å². The lowest BCUT2D eigenvalue weighted by Gasteiger charge is -2.31. The van der Waals surface area contributed by atoms with Gasteiger partial charge >= 0.3 is 6.01 Å². The van der Waals surface area contributed by atoms with Gasteiger partial charge in [-0.2, -0.15) is 4.98 Å². The van der Waals surface area contributed by atoms with Crippen LogP contribution < -0.4 is 9.47 Å². The number of likely N-dealkylation sites (N-methyl/N-ethyl adjacent to an activating group) is 1. The highest BCUT2D eigenvalue weighted by Crippen LogP contribution is 2.23. The van der Waals surface area contributed by atoms with Gasteiger partial charge in [0.1, 0.15) is 6.61 Å². The second-order valence-electron chi connectivity index (χ2n) is 4.45. The number of methoxy groups -OCH3 is 1. The summed E-state index contributed by atoms with van der Waals surface area (Å²) in [6, 6.07) is 0.825. The normalized spacial score (nSPS) is 20.7. The fourth-order valence-corrected chi connectivity index (χ4v) is 2.43. The summed E-state index contributed by atoms with van der Waals surface area (Å²) in [5.41, 5.74) is 0. The summed E-state index contributed by atoms with van der Waals surface area (Å²) in [5.74, 6) is 0.497. The smallest absolute Gasteiger partial charge is 0.319 e. The molecular formula is C12H18BrN3O2. The van der Waals surface area contributed by atoms with Gasteiger partial charge in [-0.15, -0.1) is 0 Å². The Hall–Kier alpha value is -0.880. The number of hydrogen-bond donors (Lipinski definition) is 0. The number of nitrogens with zero attached hydrogens (tertiary/aromatic N) is 3. The molecule has 6 heteroatoms. The van der Waals surface area contributed by atoms with Crippen LogP contribution in [0.2, 0.25) is 0 Å². The van der Waals surface area contributed by atoms with Crippen LogP contribution in [0.1, 0.15) is 19.3 Å². The molecule has 1 unspecified atom stereocenters. The number of rotatable bonds is 4. The Morgan fingerprint density at radius 3 is 3.06 bits per heavy atom. The predicted octanol–water partition coefficient (Wildman–Crippen LogP) is 2.11. The minimum atomic E-state index is 0.369. The number of ether oxygens (including phenoxy) is 2. The summed E-state index contributed by atoms with van der Waals surface area (Å²) in [4.78, 5) is 10.6. The molecule has 0 aromatic carbocycles. The van der Waals surface area contributed by atoms with Crippen LogP contribution in [-0.4, -0.2) is 48.2 Å². The molecule has 5 nitrogen and oxygen atoms in total. The van der Waals surface area contributed by atoms with Crippen LogP contribution in [0.5, 0.6) is 11.9 Å². The van der Waals surface area contributed by atoms with Gasteiger partial charge in [0.05, 0.1) is 17.8 Å². The molecule has 0 saturated carbocycles. The monoisotopic (exact) mass is 315 g/mol. The van der Waals surface area contributed by atoms with Crippen molar-refractivity contribution in [3.8, 4) is 11.9 Å². The largest absolute Gasteiger partial charge is 0.480 e. The van der Waals surface area contributed by atoms with E-state index in [1.165, 1.54) is 19.3 Å². The lowest BCUT2D eigenvalue weighted by molar-refractivity contribution is 0.119. The molecule has 18 heavy (non-hydrogen) atoms. The molecule has 1 atom stereocenters. The quantitative estimate of drug-likeness (QED) is 0.851. The van der Waals surface area contributed by atoms with Gasteiger partial charge < -0.3 is 14.4 Å². The lowest BCUT2D eigenvalue weighted by Crippen LogP contribution is -2.40. The van der Waals surface area contributed by atoms with Crippen LogP contribution in [-0.2, 0) is 0 Å². The highest BCUT2D eigenvalue weighted by atomic mass is 79.9. The topological polar surface area (TPSA) is 47.5 Å². The van der Waals surface area contributed by atoms with E-state index in [2.05, 4.69) is 37.8 Å². The maximum absolute atomic E-state index is 5.65. The molecule has 1 fully saturated rings. The summed E-state index contributed by atoms with van der Waals surface area (Å²) in [6.45, 7) is 1.76. The van der Waals surface area contributed by atoms with Crippen molar-refractivity contribution in [3.63, 3.8) is 0 Å². The molecule has 100 valence electrons. The van der Waals surface area contributed by atoms with Crippen LogP contribution in [0.4, 0.5) is 0 Å². The van der Waals surface area contributed by atoms with Gasteiger partial charge in [0.15, 0.2) is 0 Å². The number of halogens is 1. The molecule has 1 aliphatic rings. The lowest BCUT2D eigenvalue weighted by atomic mass is 10.0. The zero-order valence-corrected chi connectivity index (χ0v) is 12.3. The number of hydrogen-bond acceptors (Lipinski definition) is 5. The summed E-state index contributed by atoms with van der Waals surface area (Å²) in [5, 5.41) is 0. The second-order valence-corrected chi connectivity index (χ2v) is 5.31. The summed E-state index contributed by atoms with van der Waals surface area (Å²) in [6.07, 6.45) is 5.36. The zero-order valence-electron chi connectivity index (χ0n) is 10.7. The van der Waals surface area contributed by atoms with Gasteiger partial charge in [0, 0.05) is 6.04 Å². The molecule has 1 saturated heterocycles. The van der Waals surface area contributed by atoms with Gasteiger partial charge in [-0.3, -0.25) is 0 Å². The summed E-state index contributed by atoms with van der Waals surface area (Å²) < 4.78 is 11.5. The van der Waals surface area contributed by atoms with Crippen molar-refractivity contribution in [2.45, 2.75) is 25.3 Å². The Morgan fingerprint density at radius 1 is 1.50 bits per heavy atom. The molecule has 2 rings (SSSR count). The Kier molecular flexibility index (Phi) is 4.77. The van der Waals surface area contributed by atoms with Crippen molar-refractivity contribution in [1.29, 1.82) is 0 Å². The van der Waals surface area contributed by atoms with Crippen molar-refractivity contribution >= 4 is 15.9 Å². The van der Waals surface area contributed by atoms with E-state index in [1.54, 1.807) is 13.3 Å². The van der Waals surface area contributed by atoms with Crippen LogP contribution in [0.25, 0.3) is 0 Å². The molecule has 0 N–H and O–H groups in total. The number of aromatic nitrogens is 2. The molecule has 0 amide bonds. The maximum atomic E-state index is 5.65. The SMILES string of the molecule is COc1nc(OCC2CCCCN2C)ncc1Br. The van der Waals surface area contributed by atoms with Gasteiger partial charge in [-0.25, -0.2) is 4.98 Å². The van der Waals surface area contributed by atoms with Crippen LogP contribution in [0.15, 0.2) is 10.7 Å². The van der Waals surface area contributed by atoms with Crippen molar-refractivity contribution in [1.82, 2.24) is 14.9 Å². The van der Waals surface area contributed by atoms with Gasteiger partial charge in [0.2, 0.25) is 5.88 Å². The molecule has 0 spiro atoms. The first-order valence-electron chi connectivity index (χ1n) is 6.10. The fraction of sp³-hybridized carbons (Fsp3) is 0.667. The minimum absolute atomic E-state index is 0.369. The van der Waals surface area contributed by atoms with E-state index in [1.807, 2.05) is 0 Å². The van der Waals surface area contributed by atoms with Crippen molar-refractivity contribution < 1.29 is 9.47 Å². The Balaban J connectivity index is 1.93. The van der Waals surface area contributed by atoms with E-state index in [0.29, 0.717) is 24.5 Å². The average molecular weight is 316 g/mol. The highest BCUT2D eigenvalue weighted by molar-refractivity contribution is 9.10. The van der Waals surface area contributed by atoms with E-state index >= 15 is 0 Å². The highest BCUT2D eigenvalue weighted by Gasteiger charge is 2.20. The number of likely N-dealkylation sites (tertiary alicyclic amines) is 1. The first kappa shape index (κ1) is 13.5. The van der Waals surface area contributed by atoms with Crippen molar-refractivity contribution in [2.24, 2.45) is 0 Å². The van der Waals surface area contributed by atoms with Gasteiger partial charge in [-0.1, -0.05) is 6.42 Å². The third-order valence-electron chi connectivity index (χ3n) is 3.21. The molecule has 2 heterocycles. The Morgan fingerprint density at radius 2 is 2.33 bits per heavy atom. The summed E-state index contributed by atoms with van der Waals surface area (Å²) in [7, 11) is 3.71. The molecule has 0 aliphatic carbocycles. The van der Waals surface area contributed by atoms with E-state index in [9.17, 15) is 0 Å². The van der Waals surface area contributed by atoms with Crippen molar-refractivity contribution in [3.05, 3.63) is 10.7 Å². The molecule has 0 radical (unpaired) electrons. The third kappa shape index (κ3) is 3.32. The minimum Gasteiger partial charge on any atom is -0.480 e. The average Bonchev–Trinajstić information content (AvgIpc) is 2.39. The molecular weight excluding hydrogens is 298 g/mol. The van der Waals surface area contributed by atoms with Gasteiger partial charge in [0.25, 0.3) is 0 Å². The first-order chi connectivity index (χ1) is 8.70. The molecule has 1 aliphatic heterocycles. The Labute approximate surface area is 116 Å². The Bertz CT molecular complexity index is 403. The molecule has 1 aromatic rings. The summed E-state index contributed by atoms with van der Waals surface area (Å²) >= 11 is 3.31. The van der Waals surface area contributed by atoms with Crippen molar-refractivity contribution in [2.75, 3.05) is 27.3 Å². The van der Waals surface area contributed by atoms with E-state index < -0.39 is 0 Å². The van der Waals surface area contributed by atoms with E-state index in [-0.39, 0.29) is 0 Å². The van der Waals surface area contributed by atoms with Crippen LogP contribution in [0.3, 0.4) is 0 Å². The fourth-order valence-electron chi connectivity index (χ4n) is 2.07. The van der Waals surface area contributed by atoms with Crippen LogP contribution >= 0.6 is 15.9 Å².